The van der Waals surface area contributed by atoms with E-state index < -0.39 is 57.6 Å². The third kappa shape index (κ3) is 7.56. The molecule has 6 aromatic rings. The molecule has 0 unspecified atom stereocenters. The summed E-state index contributed by atoms with van der Waals surface area (Å²) in [5.41, 5.74) is 1.57. The molecule has 4 heterocycles. The van der Waals surface area contributed by atoms with Crippen LogP contribution in [0.3, 0.4) is 0 Å². The molecule has 0 saturated carbocycles. The molecule has 0 aliphatic rings. The molecule has 1 N–H and O–H groups in total. The summed E-state index contributed by atoms with van der Waals surface area (Å²) >= 11 is 0. The van der Waals surface area contributed by atoms with Crippen molar-refractivity contribution in [2.45, 2.75) is 43.7 Å². The maximum atomic E-state index is 15.9. The van der Waals surface area contributed by atoms with Crippen molar-refractivity contribution in [1.82, 2.24) is 28.9 Å². The first-order valence-electron chi connectivity index (χ1n) is 15.5. The number of fused-ring (bicyclic) bond motifs is 1. The fraction of sp³-hybridized carbons (Fsp3) is 0.235. The molecule has 0 atom stereocenters. The number of rotatable bonds is 13. The average Bonchev–Trinajstić information content (AvgIpc) is 3.67. The zero-order valence-corrected chi connectivity index (χ0v) is 29.5. The fourth-order valence-corrected chi connectivity index (χ4v) is 7.15. The van der Waals surface area contributed by atoms with E-state index in [2.05, 4.69) is 34.6 Å². The van der Waals surface area contributed by atoms with Gasteiger partial charge in [-0.25, -0.2) is 36.5 Å². The van der Waals surface area contributed by atoms with Crippen molar-refractivity contribution >= 4 is 29.3 Å². The second-order valence-corrected chi connectivity index (χ2v) is 20.0. The van der Waals surface area contributed by atoms with Crippen LogP contribution in [0, 0.1) is 17.5 Å². The Kier molecular flexibility index (Phi) is 9.77. The van der Waals surface area contributed by atoms with Gasteiger partial charge in [0.25, 0.3) is 10.0 Å². The second kappa shape index (κ2) is 14.0. The summed E-state index contributed by atoms with van der Waals surface area (Å²) in [6, 6.07) is 13.4. The number of nitrogens with one attached hydrogen (secondary N) is 1. The third-order valence-corrected chi connectivity index (χ3v) is 10.8. The number of halogens is 3. The van der Waals surface area contributed by atoms with E-state index in [4.69, 9.17) is 14.5 Å². The summed E-state index contributed by atoms with van der Waals surface area (Å²) in [6.07, 6.45) is 7.56. The van der Waals surface area contributed by atoms with Crippen LogP contribution in [0.5, 0.6) is 5.88 Å². The van der Waals surface area contributed by atoms with E-state index in [9.17, 15) is 12.8 Å². The largest absolute Gasteiger partial charge is 0.480 e. The minimum atomic E-state index is -4.61. The Morgan fingerprint density at radius 1 is 0.960 bits per heavy atom. The first-order chi connectivity index (χ1) is 23.8. The predicted octanol–water partition coefficient (Wildman–Crippen LogP) is 6.78. The first-order valence-corrected chi connectivity index (χ1v) is 20.7. The van der Waals surface area contributed by atoms with E-state index >= 15 is 8.78 Å². The van der Waals surface area contributed by atoms with Crippen LogP contribution in [0.4, 0.5) is 18.9 Å². The van der Waals surface area contributed by atoms with Gasteiger partial charge in [0.2, 0.25) is 5.88 Å². The minimum Gasteiger partial charge on any atom is -0.480 e. The molecule has 0 amide bonds. The van der Waals surface area contributed by atoms with Crippen molar-refractivity contribution in [3.05, 3.63) is 108 Å². The van der Waals surface area contributed by atoms with Gasteiger partial charge in [-0.2, -0.15) is 0 Å². The van der Waals surface area contributed by atoms with Crippen LogP contribution in [0.2, 0.25) is 25.7 Å². The van der Waals surface area contributed by atoms with Gasteiger partial charge in [0.1, 0.15) is 30.4 Å². The highest BCUT2D eigenvalue weighted by Gasteiger charge is 2.26. The highest BCUT2D eigenvalue weighted by molar-refractivity contribution is 7.92. The Balaban J connectivity index is 1.33. The fourth-order valence-electron chi connectivity index (χ4n) is 5.21. The van der Waals surface area contributed by atoms with Crippen molar-refractivity contribution in [2.75, 3.05) is 18.4 Å². The van der Waals surface area contributed by atoms with Crippen molar-refractivity contribution in [3.8, 4) is 28.7 Å². The molecule has 0 aliphatic carbocycles. The average molecular weight is 722 g/mol. The molecule has 50 heavy (non-hydrogen) atoms. The van der Waals surface area contributed by atoms with Crippen LogP contribution in [0.15, 0.2) is 84.5 Å². The lowest BCUT2D eigenvalue weighted by molar-refractivity contribution is 0.0882. The van der Waals surface area contributed by atoms with E-state index in [1.807, 2.05) is 45.8 Å². The maximum absolute atomic E-state index is 15.9. The van der Waals surface area contributed by atoms with Gasteiger partial charge in [-0.05, 0) is 23.7 Å². The van der Waals surface area contributed by atoms with Crippen LogP contribution < -0.4 is 9.46 Å². The van der Waals surface area contributed by atoms with E-state index in [1.165, 1.54) is 18.7 Å². The topological polar surface area (TPSA) is 126 Å². The molecule has 0 fully saturated rings. The lowest BCUT2D eigenvalue weighted by Crippen LogP contribution is -2.22. The molecule has 0 bridgehead atoms. The number of anilines is 1. The molecule has 0 radical (unpaired) electrons. The van der Waals surface area contributed by atoms with Crippen LogP contribution >= 0.6 is 0 Å². The number of aromatic nitrogens is 6. The predicted molar refractivity (Wildman–Crippen MR) is 184 cm³/mol. The molecule has 6 rings (SSSR count). The molecule has 4 aromatic heterocycles. The lowest BCUT2D eigenvalue weighted by Gasteiger charge is -2.16. The van der Waals surface area contributed by atoms with E-state index in [0.717, 1.165) is 42.7 Å². The Morgan fingerprint density at radius 3 is 2.48 bits per heavy atom. The summed E-state index contributed by atoms with van der Waals surface area (Å²) in [4.78, 5) is 16.8. The van der Waals surface area contributed by atoms with Crippen molar-refractivity contribution in [2.24, 2.45) is 0 Å². The normalized spacial score (nSPS) is 12.1. The third-order valence-electron chi connectivity index (χ3n) is 7.77. The number of nitrogens with zero attached hydrogens (tertiary/aromatic N) is 6. The van der Waals surface area contributed by atoms with Gasteiger partial charge >= 0.3 is 0 Å². The van der Waals surface area contributed by atoms with Crippen LogP contribution in [-0.4, -0.2) is 59.1 Å². The summed E-state index contributed by atoms with van der Waals surface area (Å²) in [5.74, 6) is -3.04. The number of imidazole rings is 2. The van der Waals surface area contributed by atoms with Gasteiger partial charge in [-0.15, -0.1) is 0 Å². The zero-order chi connectivity index (χ0) is 35.6. The first kappa shape index (κ1) is 34.8. The van der Waals surface area contributed by atoms with Gasteiger partial charge in [-0.1, -0.05) is 50.0 Å². The Hall–Kier alpha value is -5.06. The Labute approximate surface area is 287 Å². The van der Waals surface area contributed by atoms with Crippen molar-refractivity contribution < 1.29 is 31.1 Å². The summed E-state index contributed by atoms with van der Waals surface area (Å²) in [6.45, 7) is 7.70. The number of sulfonamides is 1. The molecule has 0 spiro atoms. The van der Waals surface area contributed by atoms with Crippen molar-refractivity contribution in [3.63, 3.8) is 0 Å². The smallest absolute Gasteiger partial charge is 0.267 e. The quantitative estimate of drug-likeness (QED) is 0.102. The lowest BCUT2D eigenvalue weighted by atomic mass is 10.1. The number of ether oxygens (including phenoxy) is 2. The number of pyridine rings is 1. The molecule has 0 saturated heterocycles. The molecule has 0 aliphatic heterocycles. The summed E-state index contributed by atoms with van der Waals surface area (Å²) in [7, 11) is -4.76. The van der Waals surface area contributed by atoms with E-state index in [1.54, 1.807) is 4.40 Å². The van der Waals surface area contributed by atoms with E-state index in [0.29, 0.717) is 36.1 Å². The number of hydrogen-bond donors (Lipinski definition) is 1. The van der Waals surface area contributed by atoms with Crippen LogP contribution in [0.1, 0.15) is 11.3 Å². The number of benzene rings is 2. The van der Waals surface area contributed by atoms with Gasteiger partial charge < -0.3 is 18.4 Å². The summed E-state index contributed by atoms with van der Waals surface area (Å²) in [5, 5.41) is 0. The highest BCUT2D eigenvalue weighted by Crippen LogP contribution is 2.33. The molecule has 2 aromatic carbocycles. The molecular weight excluding hydrogens is 688 g/mol. The molecule has 11 nitrogen and oxygen atoms in total. The zero-order valence-electron chi connectivity index (χ0n) is 27.7. The van der Waals surface area contributed by atoms with Crippen LogP contribution in [0.25, 0.3) is 28.3 Å². The monoisotopic (exact) mass is 721 g/mol. The number of methoxy groups -OCH3 is 1. The Morgan fingerprint density at radius 2 is 1.74 bits per heavy atom. The highest BCUT2D eigenvalue weighted by atomic mass is 32.2. The number of hydrogen-bond acceptors (Lipinski definition) is 8. The molecular formula is C34H34F3N7O4SSi. The standard InChI is InChI=1S/C34H34F3N7O4SSi/c1-47-34-29(15-23(35)16-39-34)49(45,46)42-26-11-10-25(36)30(31(26)37)27-19-43-20-40-32(28(43)17-38-27)33-41-24(14-22-8-6-5-7-9-22)18-44(33)21-48-12-13-50(2,3)4/h5-11,15-20,42H,12-14,21H2,1-4H3. The summed E-state index contributed by atoms with van der Waals surface area (Å²) < 4.78 is 87.6. The van der Waals surface area contributed by atoms with E-state index in [-0.39, 0.29) is 12.4 Å². The Bertz CT molecular complexity index is 2280. The van der Waals surface area contributed by atoms with Gasteiger partial charge in [-0.3, -0.25) is 9.71 Å². The molecule has 16 heteroatoms. The minimum absolute atomic E-state index is 0.134. The van der Waals surface area contributed by atoms with Gasteiger partial charge in [0.05, 0.1) is 47.7 Å². The maximum Gasteiger partial charge on any atom is 0.267 e. The van der Waals surface area contributed by atoms with Gasteiger partial charge in [0, 0.05) is 39.6 Å². The van der Waals surface area contributed by atoms with Crippen molar-refractivity contribution in [1.29, 1.82) is 0 Å². The SMILES string of the molecule is COc1ncc(F)cc1S(=O)(=O)Nc1ccc(F)c(-c2cn3cnc(-c4nc(Cc5ccccc5)cn4COCC[Si](C)(C)C)c3cn2)c1F. The second-order valence-electron chi connectivity index (χ2n) is 12.7. The van der Waals surface area contributed by atoms with Gasteiger partial charge in [0.15, 0.2) is 16.5 Å². The molecule has 260 valence electrons. The van der Waals surface area contributed by atoms with Crippen LogP contribution in [-0.2, 0) is 27.9 Å².